The van der Waals surface area contributed by atoms with Crippen molar-refractivity contribution in [1.29, 1.82) is 0 Å². The molecule has 4 heteroatoms. The molecule has 0 atom stereocenters. The van der Waals surface area contributed by atoms with Gasteiger partial charge in [0, 0.05) is 11.8 Å². The summed E-state index contributed by atoms with van der Waals surface area (Å²) in [7, 11) is 0. The molecule has 0 aliphatic heterocycles. The van der Waals surface area contributed by atoms with E-state index in [0.29, 0.717) is 6.61 Å². The van der Waals surface area contributed by atoms with Gasteiger partial charge < -0.3 is 9.72 Å². The van der Waals surface area contributed by atoms with Gasteiger partial charge in [0.15, 0.2) is 0 Å². The molecular formula is C12H12N2O2. The predicted octanol–water partition coefficient (Wildman–Crippen LogP) is 1.84. The van der Waals surface area contributed by atoms with Crippen molar-refractivity contribution in [2.45, 2.75) is 6.92 Å². The summed E-state index contributed by atoms with van der Waals surface area (Å²) in [5.41, 5.74) is 1.30. The zero-order valence-electron chi connectivity index (χ0n) is 8.93. The Morgan fingerprint density at radius 3 is 3.00 bits per heavy atom. The number of nitrogens with one attached hydrogen (secondary N) is 1. The van der Waals surface area contributed by atoms with Crippen molar-refractivity contribution in [3.8, 4) is 17.0 Å². The summed E-state index contributed by atoms with van der Waals surface area (Å²) >= 11 is 0. The van der Waals surface area contributed by atoms with Gasteiger partial charge in [-0.15, -0.1) is 0 Å². The maximum absolute atomic E-state index is 11.1. The van der Waals surface area contributed by atoms with Crippen molar-refractivity contribution in [2.75, 3.05) is 6.61 Å². The Morgan fingerprint density at radius 1 is 1.38 bits per heavy atom. The normalized spacial score (nSPS) is 10.1. The van der Waals surface area contributed by atoms with Gasteiger partial charge in [-0.05, 0) is 25.1 Å². The second-order valence-corrected chi connectivity index (χ2v) is 3.25. The van der Waals surface area contributed by atoms with E-state index in [0.717, 1.165) is 17.0 Å². The van der Waals surface area contributed by atoms with Crippen LogP contribution in [0.3, 0.4) is 0 Å². The first-order chi connectivity index (χ1) is 7.79. The maximum Gasteiger partial charge on any atom is 0.345 e. The first-order valence-electron chi connectivity index (χ1n) is 5.08. The first kappa shape index (κ1) is 10.4. The summed E-state index contributed by atoms with van der Waals surface area (Å²) in [5, 5.41) is 0. The fourth-order valence-corrected chi connectivity index (χ4v) is 1.46. The minimum absolute atomic E-state index is 0.348. The Morgan fingerprint density at radius 2 is 2.25 bits per heavy atom. The SMILES string of the molecule is CCOc1cccc(-c2ccnc(=O)[nH]2)c1. The van der Waals surface area contributed by atoms with Gasteiger partial charge in [0.25, 0.3) is 0 Å². The fourth-order valence-electron chi connectivity index (χ4n) is 1.46. The summed E-state index contributed by atoms with van der Waals surface area (Å²) in [5.74, 6) is 0.790. The van der Waals surface area contributed by atoms with Crippen molar-refractivity contribution in [3.63, 3.8) is 0 Å². The number of rotatable bonds is 3. The van der Waals surface area contributed by atoms with Crippen molar-refractivity contribution in [3.05, 3.63) is 47.0 Å². The molecule has 0 radical (unpaired) electrons. The number of aromatic nitrogens is 2. The van der Waals surface area contributed by atoms with Crippen LogP contribution in [0.1, 0.15) is 6.92 Å². The van der Waals surface area contributed by atoms with E-state index >= 15 is 0 Å². The van der Waals surface area contributed by atoms with Gasteiger partial charge in [0.05, 0.1) is 12.3 Å². The topological polar surface area (TPSA) is 55.0 Å². The van der Waals surface area contributed by atoms with E-state index in [9.17, 15) is 4.79 Å². The number of hydrogen-bond donors (Lipinski definition) is 1. The molecule has 0 fully saturated rings. The van der Waals surface area contributed by atoms with Crippen LogP contribution in [0, 0.1) is 0 Å². The molecule has 0 saturated carbocycles. The number of nitrogens with zero attached hydrogens (tertiary/aromatic N) is 1. The average molecular weight is 216 g/mol. The summed E-state index contributed by atoms with van der Waals surface area (Å²) in [4.78, 5) is 17.3. The average Bonchev–Trinajstić information content (AvgIpc) is 2.30. The highest BCUT2D eigenvalue weighted by Gasteiger charge is 2.00. The Hall–Kier alpha value is -2.10. The largest absolute Gasteiger partial charge is 0.494 e. The molecule has 0 aliphatic rings. The number of H-pyrrole nitrogens is 1. The fraction of sp³-hybridized carbons (Fsp3) is 0.167. The van der Waals surface area contributed by atoms with Crippen molar-refractivity contribution >= 4 is 0 Å². The van der Waals surface area contributed by atoms with Gasteiger partial charge in [-0.25, -0.2) is 9.78 Å². The van der Waals surface area contributed by atoms with Crippen LogP contribution >= 0.6 is 0 Å². The standard InChI is InChI=1S/C12H12N2O2/c1-2-16-10-5-3-4-9(8-10)11-6-7-13-12(15)14-11/h3-8H,2H2,1H3,(H,13,14,15). The zero-order valence-corrected chi connectivity index (χ0v) is 8.93. The van der Waals surface area contributed by atoms with Crippen LogP contribution in [0.2, 0.25) is 0 Å². The van der Waals surface area contributed by atoms with E-state index in [4.69, 9.17) is 4.74 Å². The van der Waals surface area contributed by atoms with Crippen LogP contribution in [-0.2, 0) is 0 Å². The molecule has 0 amide bonds. The third-order valence-electron chi connectivity index (χ3n) is 2.13. The molecule has 2 rings (SSSR count). The molecule has 2 aromatic rings. The van der Waals surface area contributed by atoms with E-state index in [1.165, 1.54) is 6.20 Å². The van der Waals surface area contributed by atoms with Gasteiger partial charge >= 0.3 is 5.69 Å². The predicted molar refractivity (Wildman–Crippen MR) is 61.5 cm³/mol. The number of hydrogen-bond acceptors (Lipinski definition) is 3. The highest BCUT2D eigenvalue weighted by Crippen LogP contribution is 2.20. The molecule has 1 N–H and O–H groups in total. The summed E-state index contributed by atoms with van der Waals surface area (Å²) < 4.78 is 5.39. The van der Waals surface area contributed by atoms with E-state index in [1.54, 1.807) is 6.07 Å². The minimum atomic E-state index is -0.348. The third kappa shape index (κ3) is 2.28. The van der Waals surface area contributed by atoms with Crippen LogP contribution in [0.15, 0.2) is 41.3 Å². The van der Waals surface area contributed by atoms with Gasteiger partial charge in [0.2, 0.25) is 0 Å². The quantitative estimate of drug-likeness (QED) is 0.851. The van der Waals surface area contributed by atoms with E-state index in [1.807, 2.05) is 31.2 Å². The van der Waals surface area contributed by atoms with Gasteiger partial charge in [-0.1, -0.05) is 12.1 Å². The van der Waals surface area contributed by atoms with Crippen LogP contribution in [0.4, 0.5) is 0 Å². The minimum Gasteiger partial charge on any atom is -0.494 e. The van der Waals surface area contributed by atoms with Gasteiger partial charge in [-0.2, -0.15) is 0 Å². The van der Waals surface area contributed by atoms with Crippen molar-refractivity contribution < 1.29 is 4.74 Å². The summed E-state index contributed by atoms with van der Waals surface area (Å²) in [6, 6.07) is 9.32. The number of benzene rings is 1. The van der Waals surface area contributed by atoms with Crippen LogP contribution in [-0.4, -0.2) is 16.6 Å². The maximum atomic E-state index is 11.1. The molecule has 82 valence electrons. The van der Waals surface area contributed by atoms with Gasteiger partial charge in [0.1, 0.15) is 5.75 Å². The Labute approximate surface area is 92.9 Å². The second kappa shape index (κ2) is 4.61. The number of ether oxygens (including phenoxy) is 1. The Balaban J connectivity index is 2.40. The molecule has 0 saturated heterocycles. The van der Waals surface area contributed by atoms with Gasteiger partial charge in [-0.3, -0.25) is 0 Å². The molecule has 0 unspecified atom stereocenters. The lowest BCUT2D eigenvalue weighted by Gasteiger charge is -2.05. The second-order valence-electron chi connectivity index (χ2n) is 3.25. The third-order valence-corrected chi connectivity index (χ3v) is 2.13. The van der Waals surface area contributed by atoms with E-state index in [2.05, 4.69) is 9.97 Å². The molecule has 1 aromatic heterocycles. The summed E-state index contributed by atoms with van der Waals surface area (Å²) in [6.07, 6.45) is 1.49. The lowest BCUT2D eigenvalue weighted by atomic mass is 10.1. The lowest BCUT2D eigenvalue weighted by molar-refractivity contribution is 0.340. The molecule has 1 heterocycles. The van der Waals surface area contributed by atoms with Crippen LogP contribution in [0.5, 0.6) is 5.75 Å². The molecule has 0 spiro atoms. The van der Waals surface area contributed by atoms with Crippen molar-refractivity contribution in [1.82, 2.24) is 9.97 Å². The van der Waals surface area contributed by atoms with E-state index < -0.39 is 0 Å². The molecule has 4 nitrogen and oxygen atoms in total. The Kier molecular flexibility index (Phi) is 3.00. The zero-order chi connectivity index (χ0) is 11.4. The monoisotopic (exact) mass is 216 g/mol. The van der Waals surface area contributed by atoms with E-state index in [-0.39, 0.29) is 5.69 Å². The lowest BCUT2D eigenvalue weighted by Crippen LogP contribution is -2.09. The molecule has 1 aromatic carbocycles. The number of aromatic amines is 1. The van der Waals surface area contributed by atoms with Crippen molar-refractivity contribution in [2.24, 2.45) is 0 Å². The van der Waals surface area contributed by atoms with Crippen LogP contribution in [0.25, 0.3) is 11.3 Å². The molecule has 0 bridgehead atoms. The highest BCUT2D eigenvalue weighted by atomic mass is 16.5. The summed E-state index contributed by atoms with van der Waals surface area (Å²) in [6.45, 7) is 2.55. The smallest absolute Gasteiger partial charge is 0.345 e. The Bertz CT molecular complexity index is 534. The molecule has 0 aliphatic carbocycles. The molecular weight excluding hydrogens is 204 g/mol. The first-order valence-corrected chi connectivity index (χ1v) is 5.08. The van der Waals surface area contributed by atoms with Crippen LogP contribution < -0.4 is 10.4 Å². The highest BCUT2D eigenvalue weighted by molar-refractivity contribution is 5.60. The molecule has 16 heavy (non-hydrogen) atoms.